The lowest BCUT2D eigenvalue weighted by molar-refractivity contribution is -0.137. The Morgan fingerprint density at radius 3 is 2.26 bits per heavy atom. The highest BCUT2D eigenvalue weighted by Gasteiger charge is 2.52. The topological polar surface area (TPSA) is 136 Å². The molecule has 0 radical (unpaired) electrons. The summed E-state index contributed by atoms with van der Waals surface area (Å²) in [6.07, 6.45) is -4.18. The normalized spacial score (nSPS) is 20.5. The molecular weight excluding hydrogens is 477 g/mol. The molecule has 0 amide bonds. The highest BCUT2D eigenvalue weighted by atomic mass is 32.2. The number of anilines is 1. The van der Waals surface area contributed by atoms with Crippen LogP contribution in [0.4, 0.5) is 18.9 Å². The number of allylic oxidation sites excluding steroid dienone is 1. The molecule has 4 rings (SSSR count). The van der Waals surface area contributed by atoms with Gasteiger partial charge in [0, 0.05) is 23.2 Å². The molecule has 2 aromatic carbocycles. The van der Waals surface area contributed by atoms with Crippen LogP contribution >= 0.6 is 0 Å². The van der Waals surface area contributed by atoms with E-state index in [1.54, 1.807) is 0 Å². The van der Waals surface area contributed by atoms with Gasteiger partial charge in [-0.3, -0.25) is 14.1 Å². The number of hydrogen-bond acceptors (Lipinski definition) is 7. The maximum absolute atomic E-state index is 13.4. The summed E-state index contributed by atoms with van der Waals surface area (Å²) >= 11 is 0. The molecule has 1 unspecified atom stereocenters. The Labute approximate surface area is 191 Å². The van der Waals surface area contributed by atoms with Crippen molar-refractivity contribution in [3.05, 3.63) is 82.1 Å². The molecular formula is C22H17F3N2O6S. The number of Topliss-reactive ketones (excluding diaryl/α,β-unsaturated/α-hetero) is 2. The number of benzene rings is 2. The van der Waals surface area contributed by atoms with E-state index < -0.39 is 55.9 Å². The van der Waals surface area contributed by atoms with Crippen molar-refractivity contribution in [3.8, 4) is 5.75 Å². The van der Waals surface area contributed by atoms with Crippen LogP contribution < -0.4 is 15.8 Å². The Morgan fingerprint density at radius 2 is 1.71 bits per heavy atom. The van der Waals surface area contributed by atoms with E-state index in [4.69, 9.17) is 10.5 Å². The fraction of sp³-hybridized carbons (Fsp3) is 0.182. The predicted molar refractivity (Wildman–Crippen MR) is 115 cm³/mol. The molecule has 0 spiro atoms. The van der Waals surface area contributed by atoms with E-state index in [0.29, 0.717) is 0 Å². The zero-order valence-electron chi connectivity index (χ0n) is 17.4. The molecule has 2 aromatic rings. The number of hydrogen-bond donors (Lipinski definition) is 3. The van der Waals surface area contributed by atoms with Crippen LogP contribution in [0, 0.1) is 0 Å². The lowest BCUT2D eigenvalue weighted by Crippen LogP contribution is -2.54. The molecule has 0 heterocycles. The number of methoxy groups -OCH3 is 1. The summed E-state index contributed by atoms with van der Waals surface area (Å²) < 4.78 is 79.1. The van der Waals surface area contributed by atoms with Crippen molar-refractivity contribution >= 4 is 27.4 Å². The molecule has 0 saturated heterocycles. The standard InChI is InChI=1S/C22H17F3N2O6S/c1-33-16-7-6-11(22(23,24)25)10-15(16)27-14-8-9-21(26,34(30,31)32)18-17(14)19(28)12-4-2-3-5-13(12)20(18)29/h2-8,10,27H,9,26H2,1H3,(H,30,31,32). The van der Waals surface area contributed by atoms with Gasteiger partial charge in [0.1, 0.15) is 5.75 Å². The van der Waals surface area contributed by atoms with E-state index in [0.717, 1.165) is 24.3 Å². The second-order valence-corrected chi connectivity index (χ2v) is 9.36. The van der Waals surface area contributed by atoms with Gasteiger partial charge in [-0.05, 0) is 18.2 Å². The third-order valence-electron chi connectivity index (χ3n) is 5.68. The van der Waals surface area contributed by atoms with Crippen LogP contribution in [0.2, 0.25) is 0 Å². The van der Waals surface area contributed by atoms with Crippen LogP contribution in [0.1, 0.15) is 32.7 Å². The van der Waals surface area contributed by atoms with Gasteiger partial charge in [-0.1, -0.05) is 30.3 Å². The van der Waals surface area contributed by atoms with E-state index in [1.807, 2.05) is 0 Å². The predicted octanol–water partition coefficient (Wildman–Crippen LogP) is 3.33. The monoisotopic (exact) mass is 494 g/mol. The summed E-state index contributed by atoms with van der Waals surface area (Å²) in [5.74, 6) is -1.69. The Hall–Kier alpha value is -3.48. The lowest BCUT2D eigenvalue weighted by Gasteiger charge is -2.36. The van der Waals surface area contributed by atoms with Crippen LogP contribution in [0.15, 0.2) is 65.4 Å². The van der Waals surface area contributed by atoms with Gasteiger partial charge >= 0.3 is 6.18 Å². The number of nitrogens with two attached hydrogens (primary N) is 1. The number of fused-ring (bicyclic) bond motifs is 1. The third kappa shape index (κ3) is 3.59. The van der Waals surface area contributed by atoms with Gasteiger partial charge in [-0.2, -0.15) is 21.6 Å². The van der Waals surface area contributed by atoms with Crippen LogP contribution in [0.3, 0.4) is 0 Å². The van der Waals surface area contributed by atoms with Crippen LogP contribution in [0.25, 0.3) is 0 Å². The van der Waals surface area contributed by atoms with E-state index in [2.05, 4.69) is 5.32 Å². The first-order valence-electron chi connectivity index (χ1n) is 9.71. The number of ketones is 2. The van der Waals surface area contributed by atoms with Crippen molar-refractivity contribution < 1.29 is 40.5 Å². The summed E-state index contributed by atoms with van der Waals surface area (Å²) in [7, 11) is -3.86. The summed E-state index contributed by atoms with van der Waals surface area (Å²) in [5.41, 5.74) is 3.34. The molecule has 8 nitrogen and oxygen atoms in total. The Morgan fingerprint density at radius 1 is 1.09 bits per heavy atom. The molecule has 2 aliphatic carbocycles. The maximum atomic E-state index is 13.4. The third-order valence-corrected chi connectivity index (χ3v) is 6.97. The first kappa shape index (κ1) is 23.7. The van der Waals surface area contributed by atoms with Crippen LogP contribution in [-0.4, -0.2) is 36.5 Å². The van der Waals surface area contributed by atoms with Crippen molar-refractivity contribution in [3.63, 3.8) is 0 Å². The smallest absolute Gasteiger partial charge is 0.416 e. The number of alkyl halides is 3. The van der Waals surface area contributed by atoms with Crippen molar-refractivity contribution in [1.82, 2.24) is 0 Å². The summed E-state index contributed by atoms with van der Waals surface area (Å²) in [5, 5.41) is 2.66. The minimum absolute atomic E-state index is 0.00889. The zero-order valence-corrected chi connectivity index (χ0v) is 18.3. The number of carbonyl (C=O) groups is 2. The van der Waals surface area contributed by atoms with Crippen LogP contribution in [0.5, 0.6) is 5.75 Å². The summed E-state index contributed by atoms with van der Waals surface area (Å²) in [4.78, 5) is 24.0. The van der Waals surface area contributed by atoms with E-state index in [9.17, 15) is 35.7 Å². The fourth-order valence-electron chi connectivity index (χ4n) is 3.97. The van der Waals surface area contributed by atoms with Crippen LogP contribution in [-0.2, 0) is 16.3 Å². The van der Waals surface area contributed by atoms with Crippen molar-refractivity contribution in [2.75, 3.05) is 12.4 Å². The highest BCUT2D eigenvalue weighted by molar-refractivity contribution is 7.87. The average molecular weight is 494 g/mol. The van der Waals surface area contributed by atoms with E-state index >= 15 is 0 Å². The lowest BCUT2D eigenvalue weighted by atomic mass is 9.76. The quantitative estimate of drug-likeness (QED) is 0.551. The van der Waals surface area contributed by atoms with Crippen molar-refractivity contribution in [2.45, 2.75) is 17.5 Å². The Bertz CT molecular complexity index is 1410. The molecule has 1 atom stereocenters. The summed E-state index contributed by atoms with van der Waals surface area (Å²) in [6, 6.07) is 8.23. The highest BCUT2D eigenvalue weighted by Crippen LogP contribution is 2.43. The van der Waals surface area contributed by atoms with Gasteiger partial charge in [-0.15, -0.1) is 0 Å². The number of halogens is 3. The molecule has 0 saturated carbocycles. The molecule has 0 bridgehead atoms. The number of ether oxygens (including phenoxy) is 1. The van der Waals surface area contributed by atoms with Crippen molar-refractivity contribution in [2.24, 2.45) is 5.73 Å². The number of rotatable bonds is 4. The number of nitrogens with one attached hydrogen (secondary N) is 1. The number of carbonyl (C=O) groups excluding carboxylic acids is 2. The molecule has 0 fully saturated rings. The van der Waals surface area contributed by atoms with Gasteiger partial charge in [0.05, 0.1) is 29.5 Å². The minimum Gasteiger partial charge on any atom is -0.495 e. The molecule has 0 aliphatic heterocycles. The van der Waals surface area contributed by atoms with Gasteiger partial charge in [0.15, 0.2) is 16.4 Å². The molecule has 12 heteroatoms. The zero-order chi connectivity index (χ0) is 25.1. The SMILES string of the molecule is COc1ccc(C(F)(F)F)cc1NC1=CCC(N)(S(=O)(=O)O)C2=C1C(=O)c1ccccc1C2=O. The first-order valence-corrected chi connectivity index (χ1v) is 11.2. The summed E-state index contributed by atoms with van der Waals surface area (Å²) in [6.45, 7) is 0. The van der Waals surface area contributed by atoms with E-state index in [-0.39, 0.29) is 28.3 Å². The second-order valence-electron chi connectivity index (χ2n) is 7.68. The molecule has 0 aromatic heterocycles. The van der Waals surface area contributed by atoms with E-state index in [1.165, 1.54) is 31.4 Å². The molecule has 178 valence electrons. The van der Waals surface area contributed by atoms with Gasteiger partial charge in [-0.25, -0.2) is 0 Å². The molecule has 34 heavy (non-hydrogen) atoms. The second kappa shape index (κ2) is 7.79. The van der Waals surface area contributed by atoms with Gasteiger partial charge < -0.3 is 15.8 Å². The minimum atomic E-state index is -5.09. The van der Waals surface area contributed by atoms with Crippen molar-refractivity contribution in [1.29, 1.82) is 0 Å². The molecule has 4 N–H and O–H groups in total. The van der Waals surface area contributed by atoms with Gasteiger partial charge in [0.25, 0.3) is 10.1 Å². The maximum Gasteiger partial charge on any atom is 0.416 e. The first-order chi connectivity index (χ1) is 15.8. The largest absolute Gasteiger partial charge is 0.495 e. The Balaban J connectivity index is 1.92. The molecule has 2 aliphatic rings. The Kier molecular flexibility index (Phi) is 5.42. The van der Waals surface area contributed by atoms with Gasteiger partial charge in [0.2, 0.25) is 0 Å². The average Bonchev–Trinajstić information content (AvgIpc) is 2.77. The fourth-order valence-corrected chi connectivity index (χ4v) is 4.72.